The van der Waals surface area contributed by atoms with Crippen molar-refractivity contribution in [3.63, 3.8) is 0 Å². The number of hydrogen-bond acceptors (Lipinski definition) is 2. The maximum absolute atomic E-state index is 4.05. The summed E-state index contributed by atoms with van der Waals surface area (Å²) in [5.41, 5.74) is 3.59. The number of benzene rings is 2. The van der Waals surface area contributed by atoms with Gasteiger partial charge in [-0.3, -0.25) is 10.00 Å². The lowest BCUT2D eigenvalue weighted by molar-refractivity contribution is 0.203. The molecule has 126 valence electrons. The molecule has 3 nitrogen and oxygen atoms in total. The van der Waals surface area contributed by atoms with Gasteiger partial charge in [0.15, 0.2) is 0 Å². The molecule has 1 aliphatic rings. The van der Waals surface area contributed by atoms with Crippen molar-refractivity contribution in [2.24, 2.45) is 5.92 Å². The van der Waals surface area contributed by atoms with Crippen LogP contribution < -0.4 is 0 Å². The summed E-state index contributed by atoms with van der Waals surface area (Å²) in [5, 5.41) is 8.14. The van der Waals surface area contributed by atoms with Gasteiger partial charge in [0.05, 0.1) is 18.3 Å². The molecule has 1 aromatic heterocycles. The summed E-state index contributed by atoms with van der Waals surface area (Å²) in [6, 6.07) is 17.1. The molecule has 0 unspecified atom stereocenters. The summed E-state index contributed by atoms with van der Waals surface area (Å²) >= 11 is 0. The second-order valence-corrected chi connectivity index (χ2v) is 6.88. The van der Waals surface area contributed by atoms with Crippen LogP contribution in [0.5, 0.6) is 0 Å². The van der Waals surface area contributed by atoms with Gasteiger partial charge in [0.25, 0.3) is 0 Å². The molecule has 1 saturated heterocycles. The van der Waals surface area contributed by atoms with Gasteiger partial charge in [-0.05, 0) is 62.0 Å². The van der Waals surface area contributed by atoms with Crippen molar-refractivity contribution in [1.82, 2.24) is 15.1 Å². The monoisotopic (exact) mass is 329 g/mol. The van der Waals surface area contributed by atoms with Crippen molar-refractivity contribution in [3.8, 4) is 11.8 Å². The number of rotatable bonds is 3. The molecule has 0 aliphatic carbocycles. The quantitative estimate of drug-likeness (QED) is 0.740. The first-order chi connectivity index (χ1) is 12.4. The third kappa shape index (κ3) is 4.10. The summed E-state index contributed by atoms with van der Waals surface area (Å²) in [6.45, 7) is 3.18. The summed E-state index contributed by atoms with van der Waals surface area (Å²) in [7, 11) is 0. The predicted molar refractivity (Wildman–Crippen MR) is 102 cm³/mol. The van der Waals surface area contributed by atoms with E-state index in [9.17, 15) is 0 Å². The number of nitrogens with one attached hydrogen (secondary N) is 1. The highest BCUT2D eigenvalue weighted by Crippen LogP contribution is 2.21. The lowest BCUT2D eigenvalue weighted by atomic mass is 9.90. The lowest BCUT2D eigenvalue weighted by Gasteiger charge is -2.30. The molecule has 0 radical (unpaired) electrons. The molecular formula is C22H23N3. The molecule has 1 fully saturated rings. The second-order valence-electron chi connectivity index (χ2n) is 6.88. The molecule has 4 rings (SSSR count). The fraction of sp³-hybridized carbons (Fsp3) is 0.318. The zero-order valence-electron chi connectivity index (χ0n) is 14.4. The number of aromatic nitrogens is 2. The SMILES string of the molecule is C(#Cc1ccc2[nH]ncc2c1)CN1CCC(Cc2ccccc2)CC1. The van der Waals surface area contributed by atoms with E-state index in [1.165, 1.54) is 24.8 Å². The summed E-state index contributed by atoms with van der Waals surface area (Å²) in [4.78, 5) is 2.48. The van der Waals surface area contributed by atoms with Crippen LogP contribution in [0.25, 0.3) is 10.9 Å². The van der Waals surface area contributed by atoms with Crippen LogP contribution >= 0.6 is 0 Å². The van der Waals surface area contributed by atoms with E-state index >= 15 is 0 Å². The molecule has 2 aromatic carbocycles. The molecular weight excluding hydrogens is 306 g/mol. The summed E-state index contributed by atoms with van der Waals surface area (Å²) < 4.78 is 0. The van der Waals surface area contributed by atoms with Gasteiger partial charge in [0.2, 0.25) is 0 Å². The van der Waals surface area contributed by atoms with E-state index in [1.54, 1.807) is 0 Å². The third-order valence-electron chi connectivity index (χ3n) is 5.05. The average Bonchev–Trinajstić information content (AvgIpc) is 3.12. The Morgan fingerprint density at radius 1 is 1.08 bits per heavy atom. The predicted octanol–water partition coefficient (Wildman–Crippen LogP) is 3.87. The van der Waals surface area contributed by atoms with Gasteiger partial charge in [0, 0.05) is 10.9 Å². The third-order valence-corrected chi connectivity index (χ3v) is 5.05. The number of aromatic amines is 1. The van der Waals surface area contributed by atoms with Crippen molar-refractivity contribution in [1.29, 1.82) is 0 Å². The van der Waals surface area contributed by atoms with Gasteiger partial charge in [0.1, 0.15) is 0 Å². The lowest BCUT2D eigenvalue weighted by Crippen LogP contribution is -2.34. The Balaban J connectivity index is 1.27. The zero-order valence-corrected chi connectivity index (χ0v) is 14.4. The largest absolute Gasteiger partial charge is 0.292 e. The van der Waals surface area contributed by atoms with Crippen LogP contribution in [0, 0.1) is 17.8 Å². The normalized spacial score (nSPS) is 15.8. The molecule has 2 heterocycles. The maximum Gasteiger partial charge on any atom is 0.0651 e. The number of likely N-dealkylation sites (tertiary alicyclic amines) is 1. The van der Waals surface area contributed by atoms with E-state index in [2.05, 4.69) is 69.4 Å². The van der Waals surface area contributed by atoms with Crippen LogP contribution in [-0.4, -0.2) is 34.7 Å². The zero-order chi connectivity index (χ0) is 16.9. The Morgan fingerprint density at radius 2 is 1.92 bits per heavy atom. The Kier molecular flexibility index (Phi) is 4.81. The fourth-order valence-electron chi connectivity index (χ4n) is 3.57. The Bertz CT molecular complexity index is 878. The Hall–Kier alpha value is -2.57. The van der Waals surface area contributed by atoms with Gasteiger partial charge < -0.3 is 0 Å². The Labute approximate surface area is 149 Å². The van der Waals surface area contributed by atoms with Crippen molar-refractivity contribution < 1.29 is 0 Å². The van der Waals surface area contributed by atoms with Crippen molar-refractivity contribution in [2.45, 2.75) is 19.3 Å². The van der Waals surface area contributed by atoms with Crippen molar-refractivity contribution >= 4 is 10.9 Å². The van der Waals surface area contributed by atoms with E-state index in [1.807, 2.05) is 12.3 Å². The maximum atomic E-state index is 4.05. The minimum Gasteiger partial charge on any atom is -0.292 e. The van der Waals surface area contributed by atoms with Crippen LogP contribution in [0.1, 0.15) is 24.0 Å². The molecule has 0 spiro atoms. The van der Waals surface area contributed by atoms with Crippen molar-refractivity contribution in [2.75, 3.05) is 19.6 Å². The standard InChI is InChI=1S/C22H23N3/c1-2-5-18(6-3-1)15-20-10-13-25(14-11-20)12-4-7-19-8-9-22-21(16-19)17-23-24-22/h1-3,5-6,8-9,16-17,20H,10-15H2,(H,23,24). The van der Waals surface area contributed by atoms with Crippen LogP contribution in [0.2, 0.25) is 0 Å². The van der Waals surface area contributed by atoms with Crippen LogP contribution in [0.4, 0.5) is 0 Å². The van der Waals surface area contributed by atoms with E-state index in [-0.39, 0.29) is 0 Å². The number of piperidine rings is 1. The average molecular weight is 329 g/mol. The van der Waals surface area contributed by atoms with E-state index in [0.29, 0.717) is 0 Å². The highest BCUT2D eigenvalue weighted by molar-refractivity contribution is 5.79. The fourth-order valence-corrected chi connectivity index (χ4v) is 3.57. The van der Waals surface area contributed by atoms with E-state index in [0.717, 1.165) is 42.0 Å². The summed E-state index contributed by atoms with van der Waals surface area (Å²) in [6.07, 6.45) is 5.61. The highest BCUT2D eigenvalue weighted by atomic mass is 15.1. The number of nitrogens with zero attached hydrogens (tertiary/aromatic N) is 2. The minimum absolute atomic E-state index is 0.815. The van der Waals surface area contributed by atoms with Crippen LogP contribution in [-0.2, 0) is 6.42 Å². The van der Waals surface area contributed by atoms with Crippen molar-refractivity contribution in [3.05, 3.63) is 65.9 Å². The molecule has 1 aliphatic heterocycles. The van der Waals surface area contributed by atoms with Crippen LogP contribution in [0.15, 0.2) is 54.7 Å². The van der Waals surface area contributed by atoms with Gasteiger partial charge in [-0.15, -0.1) is 0 Å². The molecule has 0 atom stereocenters. The summed E-state index contributed by atoms with van der Waals surface area (Å²) in [5.74, 6) is 7.44. The van der Waals surface area contributed by atoms with Gasteiger partial charge in [-0.2, -0.15) is 5.10 Å². The molecule has 25 heavy (non-hydrogen) atoms. The smallest absolute Gasteiger partial charge is 0.0651 e. The van der Waals surface area contributed by atoms with E-state index in [4.69, 9.17) is 0 Å². The van der Waals surface area contributed by atoms with Gasteiger partial charge >= 0.3 is 0 Å². The molecule has 1 N–H and O–H groups in total. The second kappa shape index (κ2) is 7.55. The highest BCUT2D eigenvalue weighted by Gasteiger charge is 2.18. The van der Waals surface area contributed by atoms with E-state index < -0.39 is 0 Å². The van der Waals surface area contributed by atoms with Gasteiger partial charge in [-0.1, -0.05) is 42.2 Å². The number of H-pyrrole nitrogens is 1. The molecule has 3 aromatic rings. The van der Waals surface area contributed by atoms with Crippen LogP contribution in [0.3, 0.4) is 0 Å². The topological polar surface area (TPSA) is 31.9 Å². The first kappa shape index (κ1) is 15.9. The molecule has 0 saturated carbocycles. The number of fused-ring (bicyclic) bond motifs is 1. The first-order valence-electron chi connectivity index (χ1n) is 9.05. The minimum atomic E-state index is 0.815. The van der Waals surface area contributed by atoms with Gasteiger partial charge in [-0.25, -0.2) is 0 Å². The first-order valence-corrected chi connectivity index (χ1v) is 9.05. The molecule has 0 bridgehead atoms. The molecule has 0 amide bonds. The Morgan fingerprint density at radius 3 is 2.76 bits per heavy atom. The molecule has 3 heteroatoms. The number of hydrogen-bond donors (Lipinski definition) is 1.